The summed E-state index contributed by atoms with van der Waals surface area (Å²) in [6.07, 6.45) is 3.99. The summed E-state index contributed by atoms with van der Waals surface area (Å²) in [6.45, 7) is 9.57. The van der Waals surface area contributed by atoms with E-state index in [2.05, 4.69) is 37.8 Å². The zero-order valence-electron chi connectivity index (χ0n) is 12.6. The SMILES string of the molecule is CC1CCC(C)N(CCC(C)c2ccc(N)cc2)C1. The Labute approximate surface area is 118 Å². The molecule has 2 nitrogen and oxygen atoms in total. The highest BCUT2D eigenvalue weighted by atomic mass is 15.2. The Hall–Kier alpha value is -1.02. The third-order valence-corrected chi connectivity index (χ3v) is 4.60. The van der Waals surface area contributed by atoms with Crippen LogP contribution >= 0.6 is 0 Å². The van der Waals surface area contributed by atoms with Crippen molar-refractivity contribution < 1.29 is 0 Å². The molecule has 19 heavy (non-hydrogen) atoms. The standard InChI is InChI=1S/C17H28N2/c1-13-4-5-15(3)19(12-13)11-10-14(2)16-6-8-17(18)9-7-16/h6-9,13-15H,4-5,10-12,18H2,1-3H3. The maximum Gasteiger partial charge on any atom is 0.0314 e. The molecule has 2 rings (SSSR count). The number of nitrogens with two attached hydrogens (primary N) is 1. The quantitative estimate of drug-likeness (QED) is 0.832. The van der Waals surface area contributed by atoms with E-state index < -0.39 is 0 Å². The van der Waals surface area contributed by atoms with Crippen molar-refractivity contribution in [2.24, 2.45) is 5.92 Å². The fraction of sp³-hybridized carbons (Fsp3) is 0.647. The number of benzene rings is 1. The number of likely N-dealkylation sites (tertiary alicyclic amines) is 1. The van der Waals surface area contributed by atoms with Crippen molar-refractivity contribution in [3.05, 3.63) is 29.8 Å². The maximum atomic E-state index is 5.74. The minimum absolute atomic E-state index is 0.616. The molecule has 1 aromatic rings. The van der Waals surface area contributed by atoms with E-state index in [1.807, 2.05) is 12.1 Å². The van der Waals surface area contributed by atoms with Crippen LogP contribution in [0.3, 0.4) is 0 Å². The number of anilines is 1. The molecular weight excluding hydrogens is 232 g/mol. The van der Waals surface area contributed by atoms with Gasteiger partial charge >= 0.3 is 0 Å². The highest BCUT2D eigenvalue weighted by Gasteiger charge is 2.22. The summed E-state index contributed by atoms with van der Waals surface area (Å²) in [5.41, 5.74) is 8.01. The van der Waals surface area contributed by atoms with Gasteiger partial charge in [-0.1, -0.05) is 26.0 Å². The predicted molar refractivity (Wildman–Crippen MR) is 83.3 cm³/mol. The Morgan fingerprint density at radius 1 is 1.21 bits per heavy atom. The summed E-state index contributed by atoms with van der Waals surface area (Å²) in [5, 5.41) is 0. The van der Waals surface area contributed by atoms with E-state index >= 15 is 0 Å². The second-order valence-corrected chi connectivity index (χ2v) is 6.38. The molecule has 1 heterocycles. The Balaban J connectivity index is 1.85. The van der Waals surface area contributed by atoms with Crippen LogP contribution < -0.4 is 5.73 Å². The summed E-state index contributed by atoms with van der Waals surface area (Å²) >= 11 is 0. The number of nitrogens with zero attached hydrogens (tertiary/aromatic N) is 1. The van der Waals surface area contributed by atoms with Gasteiger partial charge in [-0.25, -0.2) is 0 Å². The van der Waals surface area contributed by atoms with E-state index in [1.165, 1.54) is 37.9 Å². The van der Waals surface area contributed by atoms with E-state index in [1.54, 1.807) is 0 Å². The van der Waals surface area contributed by atoms with Crippen LogP contribution in [0.5, 0.6) is 0 Å². The molecule has 0 aromatic heterocycles. The summed E-state index contributed by atoms with van der Waals surface area (Å²) in [6, 6.07) is 9.12. The monoisotopic (exact) mass is 260 g/mol. The van der Waals surface area contributed by atoms with Gasteiger partial charge in [0.2, 0.25) is 0 Å². The lowest BCUT2D eigenvalue weighted by Crippen LogP contribution is -2.41. The molecule has 106 valence electrons. The molecule has 0 amide bonds. The van der Waals surface area contributed by atoms with Crippen molar-refractivity contribution in [2.75, 3.05) is 18.8 Å². The van der Waals surface area contributed by atoms with Gasteiger partial charge in [-0.3, -0.25) is 0 Å². The van der Waals surface area contributed by atoms with E-state index in [4.69, 9.17) is 5.73 Å². The van der Waals surface area contributed by atoms with Gasteiger partial charge < -0.3 is 10.6 Å². The number of nitrogen functional groups attached to an aromatic ring is 1. The normalized spacial score (nSPS) is 26.3. The molecule has 1 aromatic carbocycles. The van der Waals surface area contributed by atoms with Crippen molar-refractivity contribution in [1.82, 2.24) is 4.90 Å². The minimum Gasteiger partial charge on any atom is -0.399 e. The van der Waals surface area contributed by atoms with Crippen LogP contribution in [-0.2, 0) is 0 Å². The molecule has 2 heteroatoms. The Morgan fingerprint density at radius 2 is 1.89 bits per heavy atom. The molecule has 3 atom stereocenters. The summed E-state index contributed by atoms with van der Waals surface area (Å²) in [5.74, 6) is 1.48. The second kappa shape index (κ2) is 6.42. The van der Waals surface area contributed by atoms with Gasteiger partial charge in [-0.05, 0) is 62.3 Å². The minimum atomic E-state index is 0.616. The van der Waals surface area contributed by atoms with Gasteiger partial charge in [-0.2, -0.15) is 0 Å². The smallest absolute Gasteiger partial charge is 0.0314 e. The second-order valence-electron chi connectivity index (χ2n) is 6.38. The molecule has 0 bridgehead atoms. The lowest BCUT2D eigenvalue weighted by Gasteiger charge is -2.37. The molecule has 0 aliphatic carbocycles. The molecule has 3 unspecified atom stereocenters. The van der Waals surface area contributed by atoms with E-state index in [0.29, 0.717) is 5.92 Å². The zero-order chi connectivity index (χ0) is 13.8. The highest BCUT2D eigenvalue weighted by Crippen LogP contribution is 2.25. The van der Waals surface area contributed by atoms with Crippen molar-refractivity contribution >= 4 is 5.69 Å². The fourth-order valence-corrected chi connectivity index (χ4v) is 3.04. The number of piperidine rings is 1. The first kappa shape index (κ1) is 14.4. The molecule has 2 N–H and O–H groups in total. The summed E-state index contributed by atoms with van der Waals surface area (Å²) < 4.78 is 0. The van der Waals surface area contributed by atoms with Gasteiger partial charge in [0, 0.05) is 18.3 Å². The summed E-state index contributed by atoms with van der Waals surface area (Å²) in [4.78, 5) is 2.67. The van der Waals surface area contributed by atoms with Gasteiger partial charge in [0.1, 0.15) is 0 Å². The van der Waals surface area contributed by atoms with E-state index in [-0.39, 0.29) is 0 Å². The number of hydrogen-bond acceptors (Lipinski definition) is 2. The lowest BCUT2D eigenvalue weighted by molar-refractivity contribution is 0.121. The van der Waals surface area contributed by atoms with Gasteiger partial charge in [0.25, 0.3) is 0 Å². The molecule has 1 saturated heterocycles. The number of rotatable bonds is 4. The van der Waals surface area contributed by atoms with Gasteiger partial charge in [0.05, 0.1) is 0 Å². The van der Waals surface area contributed by atoms with E-state index in [0.717, 1.165) is 17.6 Å². The van der Waals surface area contributed by atoms with Crippen molar-refractivity contribution in [3.63, 3.8) is 0 Å². The van der Waals surface area contributed by atoms with Gasteiger partial charge in [-0.15, -0.1) is 0 Å². The van der Waals surface area contributed by atoms with Crippen LogP contribution in [0.1, 0.15) is 51.5 Å². The average Bonchev–Trinajstić information content (AvgIpc) is 2.40. The first-order valence-corrected chi connectivity index (χ1v) is 7.65. The molecule has 0 saturated carbocycles. The molecule has 0 radical (unpaired) electrons. The molecular formula is C17H28N2. The third-order valence-electron chi connectivity index (χ3n) is 4.60. The summed E-state index contributed by atoms with van der Waals surface area (Å²) in [7, 11) is 0. The molecule has 1 aliphatic heterocycles. The van der Waals surface area contributed by atoms with Crippen LogP contribution in [0.25, 0.3) is 0 Å². The predicted octanol–water partition coefficient (Wildman–Crippen LogP) is 3.88. The maximum absolute atomic E-state index is 5.74. The Kier molecular flexibility index (Phi) is 4.87. The fourth-order valence-electron chi connectivity index (χ4n) is 3.04. The highest BCUT2D eigenvalue weighted by molar-refractivity contribution is 5.40. The third kappa shape index (κ3) is 3.97. The Bertz CT molecular complexity index is 385. The van der Waals surface area contributed by atoms with Crippen LogP contribution in [0, 0.1) is 5.92 Å². The molecule has 0 spiro atoms. The van der Waals surface area contributed by atoms with Crippen molar-refractivity contribution in [1.29, 1.82) is 0 Å². The van der Waals surface area contributed by atoms with Crippen LogP contribution in [0.4, 0.5) is 5.69 Å². The van der Waals surface area contributed by atoms with Gasteiger partial charge in [0.15, 0.2) is 0 Å². The average molecular weight is 260 g/mol. The Morgan fingerprint density at radius 3 is 2.58 bits per heavy atom. The van der Waals surface area contributed by atoms with Crippen LogP contribution in [-0.4, -0.2) is 24.0 Å². The molecule has 1 fully saturated rings. The number of hydrogen-bond donors (Lipinski definition) is 1. The zero-order valence-corrected chi connectivity index (χ0v) is 12.6. The largest absolute Gasteiger partial charge is 0.399 e. The lowest BCUT2D eigenvalue weighted by atomic mass is 9.93. The van der Waals surface area contributed by atoms with Crippen LogP contribution in [0.2, 0.25) is 0 Å². The van der Waals surface area contributed by atoms with Crippen molar-refractivity contribution in [2.45, 2.75) is 52.0 Å². The first-order chi connectivity index (χ1) is 9.06. The van der Waals surface area contributed by atoms with E-state index in [9.17, 15) is 0 Å². The first-order valence-electron chi connectivity index (χ1n) is 7.65. The van der Waals surface area contributed by atoms with Crippen LogP contribution in [0.15, 0.2) is 24.3 Å². The van der Waals surface area contributed by atoms with Crippen molar-refractivity contribution in [3.8, 4) is 0 Å². The molecule has 1 aliphatic rings. The topological polar surface area (TPSA) is 29.3 Å².